The van der Waals surface area contributed by atoms with Gasteiger partial charge >= 0.3 is 0 Å². The molecule has 0 N–H and O–H groups in total. The van der Waals surface area contributed by atoms with Crippen LogP contribution < -0.4 is 0 Å². The van der Waals surface area contributed by atoms with E-state index in [0.29, 0.717) is 22.9 Å². The Bertz CT molecular complexity index is 361. The number of halogens is 2. The molecule has 68 valence electrons. The number of ether oxygens (including phenoxy) is 1. The highest BCUT2D eigenvalue weighted by molar-refractivity contribution is 9.10. The van der Waals surface area contributed by atoms with Crippen LogP contribution in [0.2, 0.25) is 0 Å². The molecule has 1 unspecified atom stereocenters. The predicted octanol–water partition coefficient (Wildman–Crippen LogP) is 2.47. The van der Waals surface area contributed by atoms with Crippen molar-refractivity contribution in [3.8, 4) is 0 Å². The van der Waals surface area contributed by atoms with E-state index < -0.39 is 5.82 Å². The molecule has 0 amide bonds. The molecule has 1 heterocycles. The topological polar surface area (TPSA) is 29.6 Å². The fourth-order valence-electron chi connectivity index (χ4n) is 1.17. The largest absolute Gasteiger partial charge is 0.368 e. The Balaban J connectivity index is 2.53. The van der Waals surface area contributed by atoms with Crippen molar-refractivity contribution >= 4 is 22.2 Å². The number of rotatable bonds is 2. The molecule has 2 rings (SSSR count). The minimum Gasteiger partial charge on any atom is -0.368 e. The molecule has 1 aliphatic heterocycles. The zero-order valence-corrected chi connectivity index (χ0v) is 8.17. The van der Waals surface area contributed by atoms with E-state index in [1.807, 2.05) is 0 Å². The molecule has 1 aromatic carbocycles. The van der Waals surface area contributed by atoms with E-state index in [1.54, 1.807) is 12.1 Å². The summed E-state index contributed by atoms with van der Waals surface area (Å²) in [4.78, 5) is 10.5. The molecule has 0 aromatic heterocycles. The molecule has 2 nitrogen and oxygen atoms in total. The molecule has 1 atom stereocenters. The lowest BCUT2D eigenvalue weighted by Gasteiger charge is -2.02. The Morgan fingerprint density at radius 3 is 2.85 bits per heavy atom. The average Bonchev–Trinajstić information content (AvgIpc) is 2.88. The second-order valence-electron chi connectivity index (χ2n) is 2.80. The van der Waals surface area contributed by atoms with Gasteiger partial charge in [-0.05, 0) is 22.0 Å². The van der Waals surface area contributed by atoms with Crippen LogP contribution in [0.15, 0.2) is 16.6 Å². The zero-order chi connectivity index (χ0) is 9.42. The highest BCUT2D eigenvalue weighted by atomic mass is 79.9. The van der Waals surface area contributed by atoms with Gasteiger partial charge in [0.05, 0.1) is 12.2 Å². The highest BCUT2D eigenvalue weighted by Gasteiger charge is 2.29. The van der Waals surface area contributed by atoms with E-state index in [9.17, 15) is 9.18 Å². The van der Waals surface area contributed by atoms with Crippen LogP contribution in [0.1, 0.15) is 22.0 Å². The number of benzene rings is 1. The van der Waals surface area contributed by atoms with Crippen molar-refractivity contribution in [2.45, 2.75) is 6.10 Å². The number of hydrogen-bond donors (Lipinski definition) is 0. The Labute approximate surface area is 82.8 Å². The summed E-state index contributed by atoms with van der Waals surface area (Å²) in [6, 6.07) is 3.29. The zero-order valence-electron chi connectivity index (χ0n) is 6.59. The van der Waals surface area contributed by atoms with Crippen LogP contribution in [0.5, 0.6) is 0 Å². The maximum atomic E-state index is 13.5. The van der Waals surface area contributed by atoms with Crippen molar-refractivity contribution in [2.24, 2.45) is 0 Å². The van der Waals surface area contributed by atoms with Crippen molar-refractivity contribution in [3.63, 3.8) is 0 Å². The third-order valence-corrected chi connectivity index (χ3v) is 2.65. The first-order valence-corrected chi connectivity index (χ1v) is 4.58. The summed E-state index contributed by atoms with van der Waals surface area (Å²) in [7, 11) is 0. The number of hydrogen-bond acceptors (Lipinski definition) is 2. The van der Waals surface area contributed by atoms with Gasteiger partial charge in [-0.2, -0.15) is 0 Å². The maximum absolute atomic E-state index is 13.5. The Morgan fingerprint density at radius 1 is 1.62 bits per heavy atom. The fraction of sp³-hybridized carbons (Fsp3) is 0.222. The lowest BCUT2D eigenvalue weighted by atomic mass is 10.1. The maximum Gasteiger partial charge on any atom is 0.154 e. The fourth-order valence-corrected chi connectivity index (χ4v) is 1.57. The van der Waals surface area contributed by atoms with E-state index in [-0.39, 0.29) is 11.7 Å². The van der Waals surface area contributed by atoms with Gasteiger partial charge in [-0.3, -0.25) is 4.79 Å². The van der Waals surface area contributed by atoms with Crippen LogP contribution in [-0.2, 0) is 4.74 Å². The SMILES string of the molecule is O=Cc1c(Br)ccc(C2CO2)c1F. The third kappa shape index (κ3) is 1.51. The molecule has 13 heavy (non-hydrogen) atoms. The van der Waals surface area contributed by atoms with E-state index in [0.717, 1.165) is 0 Å². The molecular formula is C9H6BrFO2. The predicted molar refractivity (Wildman–Crippen MR) is 48.2 cm³/mol. The third-order valence-electron chi connectivity index (χ3n) is 1.95. The number of carbonyl (C=O) groups is 1. The van der Waals surface area contributed by atoms with E-state index in [4.69, 9.17) is 4.74 Å². The standard InChI is InChI=1S/C9H6BrFO2/c10-7-2-1-5(8-4-13-8)9(11)6(7)3-12/h1-3,8H,4H2. The molecule has 1 fully saturated rings. The molecule has 1 saturated heterocycles. The second kappa shape index (κ2) is 3.20. The first-order valence-electron chi connectivity index (χ1n) is 3.78. The van der Waals surface area contributed by atoms with Crippen LogP contribution in [0.4, 0.5) is 4.39 Å². The molecule has 4 heteroatoms. The van der Waals surface area contributed by atoms with Gasteiger partial charge in [0.15, 0.2) is 6.29 Å². The number of epoxide rings is 1. The molecule has 0 aliphatic carbocycles. The van der Waals surface area contributed by atoms with Crippen molar-refractivity contribution in [3.05, 3.63) is 33.5 Å². The van der Waals surface area contributed by atoms with Gasteiger partial charge in [-0.15, -0.1) is 0 Å². The van der Waals surface area contributed by atoms with Gasteiger partial charge in [0.1, 0.15) is 11.9 Å². The number of carbonyl (C=O) groups excluding carboxylic acids is 1. The van der Waals surface area contributed by atoms with Gasteiger partial charge in [0.25, 0.3) is 0 Å². The van der Waals surface area contributed by atoms with Crippen LogP contribution in [0.25, 0.3) is 0 Å². The minimum absolute atomic E-state index is 0.0630. The average molecular weight is 245 g/mol. The first kappa shape index (κ1) is 8.84. The van der Waals surface area contributed by atoms with Gasteiger partial charge < -0.3 is 4.74 Å². The van der Waals surface area contributed by atoms with Gasteiger partial charge in [-0.25, -0.2) is 4.39 Å². The van der Waals surface area contributed by atoms with E-state index >= 15 is 0 Å². The smallest absolute Gasteiger partial charge is 0.154 e. The molecule has 1 aliphatic rings. The van der Waals surface area contributed by atoms with Gasteiger partial charge in [0.2, 0.25) is 0 Å². The first-order chi connectivity index (χ1) is 6.24. The molecule has 0 bridgehead atoms. The number of aldehydes is 1. The van der Waals surface area contributed by atoms with Crippen LogP contribution in [-0.4, -0.2) is 12.9 Å². The Hall–Kier alpha value is -0.740. The van der Waals surface area contributed by atoms with E-state index in [1.165, 1.54) is 0 Å². The van der Waals surface area contributed by atoms with Gasteiger partial charge in [-0.1, -0.05) is 6.07 Å². The molecule has 1 aromatic rings. The van der Waals surface area contributed by atoms with Crippen molar-refractivity contribution in [1.29, 1.82) is 0 Å². The van der Waals surface area contributed by atoms with Crippen molar-refractivity contribution < 1.29 is 13.9 Å². The lowest BCUT2D eigenvalue weighted by Crippen LogP contribution is -1.95. The summed E-state index contributed by atoms with van der Waals surface area (Å²) in [6.07, 6.45) is 0.345. The second-order valence-corrected chi connectivity index (χ2v) is 3.66. The summed E-state index contributed by atoms with van der Waals surface area (Å²) in [5.41, 5.74) is 0.526. The summed E-state index contributed by atoms with van der Waals surface area (Å²) >= 11 is 3.10. The van der Waals surface area contributed by atoms with Gasteiger partial charge in [0, 0.05) is 10.0 Å². The molecular weight excluding hydrogens is 239 g/mol. The molecule has 0 radical (unpaired) electrons. The minimum atomic E-state index is -0.480. The Morgan fingerprint density at radius 2 is 2.31 bits per heavy atom. The highest BCUT2D eigenvalue weighted by Crippen LogP contribution is 2.34. The summed E-state index contributed by atoms with van der Waals surface area (Å²) in [6.45, 7) is 0.539. The van der Waals surface area contributed by atoms with Crippen molar-refractivity contribution in [2.75, 3.05) is 6.61 Å². The van der Waals surface area contributed by atoms with Crippen LogP contribution in [0.3, 0.4) is 0 Å². The lowest BCUT2D eigenvalue weighted by molar-refractivity contribution is 0.111. The summed E-state index contributed by atoms with van der Waals surface area (Å²) in [5, 5.41) is 0. The normalized spacial score (nSPS) is 20.0. The summed E-state index contributed by atoms with van der Waals surface area (Å²) in [5.74, 6) is -0.480. The molecule has 0 saturated carbocycles. The van der Waals surface area contributed by atoms with Crippen LogP contribution in [0, 0.1) is 5.82 Å². The monoisotopic (exact) mass is 244 g/mol. The summed E-state index contributed by atoms with van der Waals surface area (Å²) < 4.78 is 18.9. The van der Waals surface area contributed by atoms with E-state index in [2.05, 4.69) is 15.9 Å². The molecule has 0 spiro atoms. The Kier molecular flexibility index (Phi) is 2.17. The quantitative estimate of drug-likeness (QED) is 0.591. The van der Waals surface area contributed by atoms with Crippen LogP contribution >= 0.6 is 15.9 Å². The van der Waals surface area contributed by atoms with Crippen molar-refractivity contribution in [1.82, 2.24) is 0 Å².